The number of nitrogens with zero attached hydrogens (tertiary/aromatic N) is 2. The monoisotopic (exact) mass is 1320 g/mol. The van der Waals surface area contributed by atoms with E-state index in [-0.39, 0.29) is 0 Å². The summed E-state index contributed by atoms with van der Waals surface area (Å²) >= 11 is 8.26. The SMILES string of the molecule is CCCCCCCCCCCCCc1cc2c3c(c1)OCCCCCCCCCCOc1cc(CCCCCCCCCCCCC)cc(c1-c1c4ccc([nH]4)c(Br)c4nc(c-3c3nc(c(Br)c5ccc1[nH]5)C=C3)C=C4)OCCCCCCCCCCO2. The highest BCUT2D eigenvalue weighted by atomic mass is 79.9. The van der Waals surface area contributed by atoms with E-state index in [9.17, 15) is 0 Å². The predicted octanol–water partition coefficient (Wildman–Crippen LogP) is 25.0. The number of H-pyrrole nitrogens is 2. The molecule has 2 aromatic carbocycles. The minimum atomic E-state index is 0.634. The van der Waals surface area contributed by atoms with Crippen LogP contribution in [0.5, 0.6) is 23.0 Å². The van der Waals surface area contributed by atoms with Gasteiger partial charge < -0.3 is 28.9 Å². The normalized spacial score (nSPS) is 15.5. The van der Waals surface area contributed by atoms with Crippen LogP contribution >= 0.6 is 31.9 Å². The van der Waals surface area contributed by atoms with Crippen molar-refractivity contribution in [1.29, 1.82) is 0 Å². The van der Waals surface area contributed by atoms with E-state index in [2.05, 4.69) is 129 Å². The molecule has 6 aliphatic heterocycles. The Morgan fingerprint density at radius 3 is 0.920 bits per heavy atom. The Hall–Kier alpha value is -4.80. The fourth-order valence-corrected chi connectivity index (χ4v) is 14.3. The molecule has 0 unspecified atom stereocenters. The molecule has 0 saturated heterocycles. The zero-order chi connectivity index (χ0) is 60.8. The number of benzene rings is 2. The number of unbranched alkanes of at least 4 members (excludes halogenated alkanes) is 20. The van der Waals surface area contributed by atoms with Crippen LogP contribution in [0.4, 0.5) is 0 Å². The van der Waals surface area contributed by atoms with Crippen LogP contribution in [0.15, 0.2) is 57.5 Å². The lowest BCUT2D eigenvalue weighted by atomic mass is 9.96. The summed E-state index contributed by atoms with van der Waals surface area (Å²) in [6.45, 7) is 7.17. The van der Waals surface area contributed by atoms with E-state index >= 15 is 0 Å². The number of aryl methyl sites for hydroxylation is 2. The Morgan fingerprint density at radius 1 is 0.318 bits per heavy atom. The largest absolute Gasteiger partial charge is 0.493 e. The number of halogens is 2. The van der Waals surface area contributed by atoms with Gasteiger partial charge in [-0.3, -0.25) is 0 Å². The van der Waals surface area contributed by atoms with Crippen LogP contribution in [0.3, 0.4) is 0 Å². The standard InChI is InChI=1S/C78H108Br2N4O4/c1-3-5-7-9-11-13-15-17-23-29-35-41-59-55-69-75-70(56-59)86-52-38-32-26-20-22-28-34-40-54-88-72-58-60(42-36-30-24-18-16-14-12-10-8-6-4-2)57-71(87-53-39-33-27-21-19-25-31-37-51-85-69)76(72)74-63-45-49-67(83-63)77(79)65-47-43-61(81-65)73(75)62-44-48-66(82-62)78(80)68-50-46-64(74)84-68/h43-50,55-58,81-82H,3-42,51-54H2,1-2H3. The molecule has 11 rings (SSSR count). The van der Waals surface area contributed by atoms with Crippen molar-refractivity contribution in [2.45, 2.75) is 271 Å². The van der Waals surface area contributed by atoms with Gasteiger partial charge in [-0.25, -0.2) is 9.97 Å². The number of fused-ring (bicyclic) bond motifs is 22. The first-order valence-corrected chi connectivity index (χ1v) is 37.4. The zero-order valence-electron chi connectivity index (χ0n) is 54.3. The quantitative estimate of drug-likeness (QED) is 0.0586. The number of rotatable bonds is 24. The number of aromatic amines is 2. The molecule has 0 atom stereocenters. The van der Waals surface area contributed by atoms with Gasteiger partial charge in [0.05, 0.1) is 80.3 Å². The van der Waals surface area contributed by atoms with Gasteiger partial charge in [0.25, 0.3) is 0 Å². The van der Waals surface area contributed by atoms with E-state index in [1.54, 1.807) is 0 Å². The highest BCUT2D eigenvalue weighted by molar-refractivity contribution is 9.11. The van der Waals surface area contributed by atoms with Crippen molar-refractivity contribution in [3.8, 4) is 45.3 Å². The molecule has 2 N–H and O–H groups in total. The Kier molecular flexibility index (Phi) is 29.3. The van der Waals surface area contributed by atoms with Crippen molar-refractivity contribution in [2.24, 2.45) is 0 Å². The molecule has 12 bridgehead atoms. The lowest BCUT2D eigenvalue weighted by molar-refractivity contribution is 0.288. The molecular weight excluding hydrogens is 1220 g/mol. The Labute approximate surface area is 547 Å². The van der Waals surface area contributed by atoms with Crippen molar-refractivity contribution < 1.29 is 18.9 Å². The molecule has 0 fully saturated rings. The average Bonchev–Trinajstić information content (AvgIpc) is 3.99. The van der Waals surface area contributed by atoms with Crippen molar-refractivity contribution in [2.75, 3.05) is 26.4 Å². The summed E-state index contributed by atoms with van der Waals surface area (Å²) in [4.78, 5) is 18.9. The minimum Gasteiger partial charge on any atom is -0.493 e. The van der Waals surface area contributed by atoms with Crippen LogP contribution in [-0.4, -0.2) is 46.4 Å². The van der Waals surface area contributed by atoms with Gasteiger partial charge in [-0.05, 0) is 167 Å². The molecule has 10 heteroatoms. The number of nitrogens with one attached hydrogen (secondary N) is 2. The fraction of sp³-hybridized carbons (Fsp3) is 0.590. The second-order valence-electron chi connectivity index (χ2n) is 25.9. The maximum atomic E-state index is 7.17. The van der Waals surface area contributed by atoms with Gasteiger partial charge in [-0.15, -0.1) is 0 Å². The lowest BCUT2D eigenvalue weighted by Gasteiger charge is -2.20. The third-order valence-corrected chi connectivity index (χ3v) is 20.3. The van der Waals surface area contributed by atoms with E-state index in [1.165, 1.54) is 191 Å². The van der Waals surface area contributed by atoms with Crippen molar-refractivity contribution in [3.05, 3.63) is 91.4 Å². The number of hydrogen-bond acceptors (Lipinski definition) is 6. The molecule has 5 aromatic rings. The van der Waals surface area contributed by atoms with Gasteiger partial charge in [0.2, 0.25) is 0 Å². The third-order valence-electron chi connectivity index (χ3n) is 18.6. The molecule has 0 radical (unpaired) electrons. The Morgan fingerprint density at radius 2 is 0.591 bits per heavy atom. The van der Waals surface area contributed by atoms with E-state index in [4.69, 9.17) is 28.9 Å². The number of aromatic nitrogens is 4. The van der Waals surface area contributed by atoms with Crippen LogP contribution in [0.25, 0.3) is 68.6 Å². The maximum absolute atomic E-state index is 7.17. The third kappa shape index (κ3) is 20.6. The van der Waals surface area contributed by atoms with E-state index in [1.807, 2.05) is 0 Å². The molecule has 3 aromatic heterocycles. The van der Waals surface area contributed by atoms with E-state index < -0.39 is 0 Å². The van der Waals surface area contributed by atoms with Gasteiger partial charge in [-0.2, -0.15) is 0 Å². The van der Waals surface area contributed by atoms with Gasteiger partial charge in [0.15, 0.2) is 0 Å². The second kappa shape index (κ2) is 38.1. The smallest absolute Gasteiger partial charge is 0.131 e. The van der Waals surface area contributed by atoms with Crippen LogP contribution in [0, 0.1) is 0 Å². The molecule has 0 amide bonds. The van der Waals surface area contributed by atoms with Crippen LogP contribution in [0.1, 0.15) is 292 Å². The number of ether oxygens (including phenoxy) is 4. The van der Waals surface area contributed by atoms with Gasteiger partial charge in [-0.1, -0.05) is 219 Å². The molecular formula is C78H108Br2N4O4. The Bertz CT molecular complexity index is 2980. The summed E-state index contributed by atoms with van der Waals surface area (Å²) in [5.74, 6) is 3.50. The maximum Gasteiger partial charge on any atom is 0.131 e. The summed E-state index contributed by atoms with van der Waals surface area (Å²) in [5, 5.41) is 0. The van der Waals surface area contributed by atoms with Gasteiger partial charge in [0.1, 0.15) is 23.0 Å². The molecule has 6 aliphatic rings. The van der Waals surface area contributed by atoms with Crippen LogP contribution < -0.4 is 18.9 Å². The zero-order valence-corrected chi connectivity index (χ0v) is 57.5. The van der Waals surface area contributed by atoms with Gasteiger partial charge in [0, 0.05) is 22.2 Å². The molecule has 0 spiro atoms. The molecule has 9 heterocycles. The highest BCUT2D eigenvalue weighted by Crippen LogP contribution is 2.47. The first-order chi connectivity index (χ1) is 43.5. The topological polar surface area (TPSA) is 94.3 Å². The summed E-state index contributed by atoms with van der Waals surface area (Å²) < 4.78 is 30.4. The average molecular weight is 1330 g/mol. The first-order valence-electron chi connectivity index (χ1n) is 35.8. The predicted molar refractivity (Wildman–Crippen MR) is 381 cm³/mol. The fourth-order valence-electron chi connectivity index (χ4n) is 13.4. The van der Waals surface area contributed by atoms with Gasteiger partial charge >= 0.3 is 0 Å². The van der Waals surface area contributed by atoms with Crippen molar-refractivity contribution in [1.82, 2.24) is 19.9 Å². The first kappa shape index (κ1) is 67.6. The van der Waals surface area contributed by atoms with Crippen LogP contribution in [0.2, 0.25) is 0 Å². The molecule has 478 valence electrons. The summed E-state index contributed by atoms with van der Waals surface area (Å²) in [5.41, 5.74) is 13.4. The lowest BCUT2D eigenvalue weighted by Crippen LogP contribution is -2.06. The molecule has 0 aliphatic carbocycles. The van der Waals surface area contributed by atoms with E-state index in [0.717, 1.165) is 176 Å². The van der Waals surface area contributed by atoms with Crippen molar-refractivity contribution >= 4 is 78.2 Å². The number of hydrogen-bond donors (Lipinski definition) is 2. The molecule has 0 saturated carbocycles. The van der Waals surface area contributed by atoms with Crippen LogP contribution in [-0.2, 0) is 12.8 Å². The van der Waals surface area contributed by atoms with Crippen molar-refractivity contribution in [3.63, 3.8) is 0 Å². The molecule has 88 heavy (non-hydrogen) atoms. The second-order valence-corrected chi connectivity index (χ2v) is 27.5. The molecule has 8 nitrogen and oxygen atoms in total. The summed E-state index contributed by atoms with van der Waals surface area (Å²) in [6.07, 6.45) is 58.0. The summed E-state index contributed by atoms with van der Waals surface area (Å²) in [7, 11) is 0. The minimum absolute atomic E-state index is 0.634. The van der Waals surface area contributed by atoms with E-state index in [0.29, 0.717) is 26.4 Å². The highest BCUT2D eigenvalue weighted by Gasteiger charge is 2.26. The Balaban J connectivity index is 1.16. The summed E-state index contributed by atoms with van der Waals surface area (Å²) in [6, 6.07) is 18.1.